The number of nitrogens with one attached hydrogen (secondary N) is 2. The zero-order valence-electron chi connectivity index (χ0n) is 19.9. The average molecular weight is 529 g/mol. The van der Waals surface area contributed by atoms with Crippen molar-refractivity contribution >= 4 is 46.7 Å². The van der Waals surface area contributed by atoms with Crippen LogP contribution in [0.4, 0.5) is 24.5 Å². The average Bonchev–Trinajstić information content (AvgIpc) is 3.11. The lowest BCUT2D eigenvalue weighted by atomic mass is 10.1. The molecule has 1 fully saturated rings. The fourth-order valence-electron chi connectivity index (χ4n) is 3.44. The van der Waals surface area contributed by atoms with Crippen molar-refractivity contribution in [3.63, 3.8) is 0 Å². The van der Waals surface area contributed by atoms with E-state index < -0.39 is 23.9 Å². The number of para-hydroxylation sites is 1. The molecule has 0 bridgehead atoms. The van der Waals surface area contributed by atoms with E-state index >= 15 is 0 Å². The number of hydrogen-bond donors (Lipinski definition) is 2. The predicted octanol–water partition coefficient (Wildman–Crippen LogP) is 5.48. The number of alkyl halides is 3. The monoisotopic (exact) mass is 528 g/mol. The number of imide groups is 1. The van der Waals surface area contributed by atoms with Gasteiger partial charge in [0.2, 0.25) is 5.91 Å². The smallest absolute Gasteiger partial charge is 0.406 e. The molecule has 0 atom stereocenters. The first-order chi connectivity index (χ1) is 17.5. The van der Waals surface area contributed by atoms with Crippen LogP contribution >= 0.6 is 12.2 Å². The Kier molecular flexibility index (Phi) is 8.61. The number of nitrogens with zero attached hydrogens (tertiary/aromatic N) is 2. The number of amides is 2. The highest BCUT2D eigenvalue weighted by Gasteiger charge is 2.35. The van der Waals surface area contributed by atoms with E-state index in [1.54, 1.807) is 6.08 Å². The van der Waals surface area contributed by atoms with E-state index in [-0.39, 0.29) is 22.8 Å². The molecule has 192 valence electrons. The van der Waals surface area contributed by atoms with Crippen molar-refractivity contribution in [2.75, 3.05) is 10.2 Å². The van der Waals surface area contributed by atoms with Gasteiger partial charge in [0.1, 0.15) is 5.75 Å². The van der Waals surface area contributed by atoms with Crippen molar-refractivity contribution < 1.29 is 27.5 Å². The Labute approximate surface area is 217 Å². The lowest BCUT2D eigenvalue weighted by Crippen LogP contribution is -2.28. The van der Waals surface area contributed by atoms with Crippen LogP contribution in [-0.4, -0.2) is 29.5 Å². The Morgan fingerprint density at radius 1 is 1.14 bits per heavy atom. The lowest BCUT2D eigenvalue weighted by molar-refractivity contribution is -0.274. The molecule has 0 radical (unpaired) electrons. The second kappa shape index (κ2) is 11.7. The fraction of sp³-hybridized carbons (Fsp3) is 0.154. The summed E-state index contributed by atoms with van der Waals surface area (Å²) >= 11 is 5.27. The highest BCUT2D eigenvalue weighted by Crippen LogP contribution is 2.29. The number of allylic oxidation sites excluding steroid dienone is 4. The van der Waals surface area contributed by atoms with Crippen LogP contribution in [0.5, 0.6) is 5.75 Å². The number of thiocarbonyl (C=S) groups is 1. The maximum atomic E-state index is 12.8. The van der Waals surface area contributed by atoms with Gasteiger partial charge in [-0.15, -0.1) is 13.2 Å². The zero-order valence-corrected chi connectivity index (χ0v) is 20.7. The van der Waals surface area contributed by atoms with Crippen LogP contribution in [0.2, 0.25) is 0 Å². The van der Waals surface area contributed by atoms with Crippen molar-refractivity contribution in [2.24, 2.45) is 5.10 Å². The van der Waals surface area contributed by atoms with E-state index in [1.165, 1.54) is 30.5 Å². The van der Waals surface area contributed by atoms with Gasteiger partial charge in [0, 0.05) is 11.3 Å². The van der Waals surface area contributed by atoms with Gasteiger partial charge in [-0.1, -0.05) is 43.0 Å². The van der Waals surface area contributed by atoms with Crippen molar-refractivity contribution in [2.45, 2.75) is 26.6 Å². The SMILES string of the molecule is C=CC(/C=N/NC(=S)Nc1c(C)cccc1C)=C\C=C1/CC(=O)N(c2ccc(OC(F)(F)F)cc2)C1=O. The van der Waals surface area contributed by atoms with Crippen LogP contribution in [0.25, 0.3) is 0 Å². The van der Waals surface area contributed by atoms with Crippen LogP contribution in [0, 0.1) is 13.8 Å². The molecule has 11 heteroatoms. The van der Waals surface area contributed by atoms with Gasteiger partial charge in [-0.3, -0.25) is 15.0 Å². The Morgan fingerprint density at radius 3 is 2.38 bits per heavy atom. The summed E-state index contributed by atoms with van der Waals surface area (Å²) in [7, 11) is 0. The molecule has 1 aliphatic heterocycles. The zero-order chi connectivity index (χ0) is 27.2. The summed E-state index contributed by atoms with van der Waals surface area (Å²) in [5.41, 5.74) is 6.52. The molecule has 37 heavy (non-hydrogen) atoms. The number of hydrogen-bond acceptors (Lipinski definition) is 5. The van der Waals surface area contributed by atoms with E-state index in [1.807, 2.05) is 32.0 Å². The third kappa shape index (κ3) is 7.37. The quantitative estimate of drug-likeness (QED) is 0.124. The minimum Gasteiger partial charge on any atom is -0.406 e. The topological polar surface area (TPSA) is 83.0 Å². The van der Waals surface area contributed by atoms with Gasteiger partial charge in [-0.2, -0.15) is 5.10 Å². The third-order valence-electron chi connectivity index (χ3n) is 5.21. The van der Waals surface area contributed by atoms with E-state index in [2.05, 4.69) is 27.2 Å². The largest absolute Gasteiger partial charge is 0.573 e. The van der Waals surface area contributed by atoms with Crippen LogP contribution in [0.15, 0.2) is 83.5 Å². The minimum absolute atomic E-state index is 0.136. The van der Waals surface area contributed by atoms with Gasteiger partial charge >= 0.3 is 6.36 Å². The first-order valence-corrected chi connectivity index (χ1v) is 11.3. The Bertz CT molecular complexity index is 1300. The summed E-state index contributed by atoms with van der Waals surface area (Å²) in [6.07, 6.45) is 0.970. The molecule has 0 aromatic heterocycles. The van der Waals surface area contributed by atoms with Crippen LogP contribution in [-0.2, 0) is 9.59 Å². The molecule has 2 N–H and O–H groups in total. The molecule has 0 aliphatic carbocycles. The third-order valence-corrected chi connectivity index (χ3v) is 5.40. The number of aryl methyl sites for hydroxylation is 2. The minimum atomic E-state index is -4.84. The molecular weight excluding hydrogens is 505 g/mol. The van der Waals surface area contributed by atoms with Crippen LogP contribution < -0.4 is 20.4 Å². The second-order valence-electron chi connectivity index (χ2n) is 7.91. The Hall–Kier alpha value is -4.25. The lowest BCUT2D eigenvalue weighted by Gasteiger charge is -2.14. The number of carbonyl (C=O) groups excluding carboxylic acids is 2. The molecule has 0 saturated carbocycles. The first kappa shape index (κ1) is 27.3. The predicted molar refractivity (Wildman–Crippen MR) is 140 cm³/mol. The molecule has 2 aromatic rings. The summed E-state index contributed by atoms with van der Waals surface area (Å²) < 4.78 is 40.9. The van der Waals surface area contributed by atoms with Crippen molar-refractivity contribution in [1.29, 1.82) is 0 Å². The van der Waals surface area contributed by atoms with Gasteiger partial charge in [0.05, 0.1) is 18.3 Å². The van der Waals surface area contributed by atoms with Gasteiger partial charge in [0.15, 0.2) is 5.11 Å². The number of carbonyl (C=O) groups is 2. The molecule has 0 spiro atoms. The van der Waals surface area contributed by atoms with Crippen LogP contribution in [0.3, 0.4) is 0 Å². The van der Waals surface area contributed by atoms with E-state index in [4.69, 9.17) is 12.2 Å². The number of benzene rings is 2. The highest BCUT2D eigenvalue weighted by molar-refractivity contribution is 7.80. The molecule has 1 heterocycles. The van der Waals surface area contributed by atoms with Crippen LogP contribution in [0.1, 0.15) is 17.5 Å². The summed E-state index contributed by atoms with van der Waals surface area (Å²) in [5.74, 6) is -1.54. The van der Waals surface area contributed by atoms with E-state index in [0.29, 0.717) is 5.57 Å². The number of ether oxygens (including phenoxy) is 1. The molecular formula is C26H23F3N4O3S. The first-order valence-electron chi connectivity index (χ1n) is 10.9. The molecule has 0 unspecified atom stereocenters. The number of hydrazone groups is 1. The standard InChI is InChI=1S/C26H23F3N4O3S/c1-4-18(15-30-32-25(37)31-23-16(2)6-5-7-17(23)3)8-9-19-14-22(34)33(24(19)35)20-10-12-21(13-11-20)36-26(27,28)29/h4-13,15H,1,14H2,2-3H3,(H2,31,32,37)/b18-8+,19-9+,30-15+. The van der Waals surface area contributed by atoms with Crippen molar-refractivity contribution in [3.05, 3.63) is 89.5 Å². The second-order valence-corrected chi connectivity index (χ2v) is 8.31. The number of anilines is 2. The van der Waals surface area contributed by atoms with Gasteiger partial charge < -0.3 is 10.1 Å². The van der Waals surface area contributed by atoms with Crippen molar-refractivity contribution in [3.8, 4) is 5.75 Å². The molecule has 3 rings (SSSR count). The maximum Gasteiger partial charge on any atom is 0.573 e. The normalized spacial score (nSPS) is 15.4. The van der Waals surface area contributed by atoms with Crippen molar-refractivity contribution in [1.82, 2.24) is 5.43 Å². The summed E-state index contributed by atoms with van der Waals surface area (Å²) in [6.45, 7) is 7.62. The summed E-state index contributed by atoms with van der Waals surface area (Å²) in [5, 5.41) is 7.45. The van der Waals surface area contributed by atoms with E-state index in [0.717, 1.165) is 33.8 Å². The maximum absolute atomic E-state index is 12.8. The summed E-state index contributed by atoms with van der Waals surface area (Å²) in [4.78, 5) is 26.1. The van der Waals surface area contributed by atoms with Gasteiger partial charge in [0.25, 0.3) is 5.91 Å². The number of halogens is 3. The molecule has 2 aromatic carbocycles. The molecule has 7 nitrogen and oxygen atoms in total. The molecule has 1 aliphatic rings. The molecule has 2 amide bonds. The fourth-order valence-corrected chi connectivity index (χ4v) is 3.60. The van der Waals surface area contributed by atoms with Gasteiger partial charge in [-0.25, -0.2) is 4.90 Å². The molecule has 1 saturated heterocycles. The Morgan fingerprint density at radius 2 is 1.78 bits per heavy atom. The Balaban J connectivity index is 1.65. The van der Waals surface area contributed by atoms with E-state index in [9.17, 15) is 22.8 Å². The van der Waals surface area contributed by atoms with Gasteiger partial charge in [-0.05, 0) is 67.0 Å². The number of rotatable bonds is 7. The highest BCUT2D eigenvalue weighted by atomic mass is 32.1. The summed E-state index contributed by atoms with van der Waals surface area (Å²) in [6, 6.07) is 10.3.